The van der Waals surface area contributed by atoms with Crippen molar-refractivity contribution in [2.75, 3.05) is 6.79 Å². The van der Waals surface area contributed by atoms with E-state index in [1.807, 2.05) is 0 Å². The third kappa shape index (κ3) is 6.69. The Kier molecular flexibility index (Phi) is 9.36. The average Bonchev–Trinajstić information content (AvgIpc) is 3.25. The predicted octanol–water partition coefficient (Wildman–Crippen LogP) is 1.11. The number of aromatic nitrogens is 3. The Morgan fingerprint density at radius 1 is 1.07 bits per heavy atom. The Morgan fingerprint density at radius 3 is 2.36 bits per heavy atom. The number of benzene rings is 1. The molecule has 0 saturated carbocycles. The molecule has 2 aromatic heterocycles. The van der Waals surface area contributed by atoms with Gasteiger partial charge in [0, 0.05) is 38.4 Å². The molecule has 1 fully saturated rings. The van der Waals surface area contributed by atoms with Crippen LogP contribution in [0.1, 0.15) is 49.8 Å². The highest BCUT2D eigenvalue weighted by molar-refractivity contribution is 6.05. The molecular formula is C27H25FN4O13. The summed E-state index contributed by atoms with van der Waals surface area (Å²) in [4.78, 5) is 89.3. The van der Waals surface area contributed by atoms with Crippen LogP contribution in [0.25, 0.3) is 10.9 Å². The maximum Gasteiger partial charge on any atom is 0.341 e. The van der Waals surface area contributed by atoms with Crippen molar-refractivity contribution >= 4 is 40.5 Å². The van der Waals surface area contributed by atoms with E-state index in [0.29, 0.717) is 15.3 Å². The second-order valence-corrected chi connectivity index (χ2v) is 9.70. The van der Waals surface area contributed by atoms with Crippen molar-refractivity contribution < 1.29 is 52.2 Å². The summed E-state index contributed by atoms with van der Waals surface area (Å²) in [6.45, 7) is 2.97. The molecule has 0 spiro atoms. The first-order valence-electron chi connectivity index (χ1n) is 13.1. The first-order chi connectivity index (χ1) is 21.2. The van der Waals surface area contributed by atoms with E-state index < -0.39 is 89.4 Å². The number of carbonyl (C=O) groups excluding carboxylic acids is 4. The molecule has 1 aliphatic rings. The van der Waals surface area contributed by atoms with Crippen molar-refractivity contribution in [1.82, 2.24) is 14.1 Å². The summed E-state index contributed by atoms with van der Waals surface area (Å²) in [7, 11) is 0. The third-order valence-electron chi connectivity index (χ3n) is 6.61. The fourth-order valence-corrected chi connectivity index (χ4v) is 4.78. The van der Waals surface area contributed by atoms with Gasteiger partial charge in [-0.2, -0.15) is 4.39 Å². The first-order valence-corrected chi connectivity index (χ1v) is 13.1. The number of hydrogen-bond donors (Lipinski definition) is 0. The van der Waals surface area contributed by atoms with Gasteiger partial charge in [-0.15, -0.1) is 0 Å². The number of pyridine rings is 1. The van der Waals surface area contributed by atoms with Crippen LogP contribution in [0.3, 0.4) is 0 Å². The number of nitrogens with zero attached hydrogens (tertiary/aromatic N) is 4. The number of nitro groups is 1. The van der Waals surface area contributed by atoms with Gasteiger partial charge in [0.25, 0.3) is 11.2 Å². The molecule has 0 aliphatic carbocycles. The summed E-state index contributed by atoms with van der Waals surface area (Å²) in [6.07, 6.45) is -3.46. The molecular weight excluding hydrogens is 607 g/mol. The Labute approximate surface area is 251 Å². The van der Waals surface area contributed by atoms with Crippen LogP contribution in [0.4, 0.5) is 10.1 Å². The van der Waals surface area contributed by atoms with Gasteiger partial charge in [-0.3, -0.25) is 43.4 Å². The normalized spacial score (nSPS) is 19.1. The largest absolute Gasteiger partial charge is 0.456 e. The molecule has 0 unspecified atom stereocenters. The molecule has 4 rings (SSSR count). The number of halogens is 1. The molecule has 0 amide bonds. The van der Waals surface area contributed by atoms with Crippen molar-refractivity contribution in [3.05, 3.63) is 78.5 Å². The summed E-state index contributed by atoms with van der Waals surface area (Å²) in [5.74, 6) is -4.95. The Balaban J connectivity index is 1.86. The van der Waals surface area contributed by atoms with Crippen molar-refractivity contribution in [2.24, 2.45) is 0 Å². The van der Waals surface area contributed by atoms with E-state index in [2.05, 4.69) is 9.72 Å². The van der Waals surface area contributed by atoms with Gasteiger partial charge in [0.2, 0.25) is 12.6 Å². The molecule has 3 heterocycles. The Morgan fingerprint density at radius 2 is 1.73 bits per heavy atom. The highest BCUT2D eigenvalue weighted by Gasteiger charge is 2.49. The smallest absolute Gasteiger partial charge is 0.341 e. The minimum atomic E-state index is -1.58. The summed E-state index contributed by atoms with van der Waals surface area (Å²) in [6, 6.07) is 3.58. The quantitative estimate of drug-likeness (QED) is 0.106. The van der Waals surface area contributed by atoms with Crippen LogP contribution >= 0.6 is 0 Å². The summed E-state index contributed by atoms with van der Waals surface area (Å²) in [5.41, 5.74) is -4.38. The van der Waals surface area contributed by atoms with Gasteiger partial charge in [-0.1, -0.05) is 6.07 Å². The molecule has 17 nitrogen and oxygen atoms in total. The lowest BCUT2D eigenvalue weighted by Gasteiger charge is -2.24. The number of hydrogen-bond acceptors (Lipinski definition) is 14. The SMILES string of the molecule is CC(=O)OCOC(=O)c1cc([N+](=O)[O-])c(Cn2c(=O)c(F)cn([C@@H]3O[C@H](C)[C@@H](OC(C)=O)[C@H]3OC(C)=O)c2=O)c2ncccc12. The molecule has 1 aromatic carbocycles. The molecule has 238 valence electrons. The maximum atomic E-state index is 15.1. The molecule has 1 saturated heterocycles. The predicted molar refractivity (Wildman–Crippen MR) is 145 cm³/mol. The average molecular weight is 633 g/mol. The van der Waals surface area contributed by atoms with E-state index in [-0.39, 0.29) is 22.0 Å². The van der Waals surface area contributed by atoms with Crippen LogP contribution < -0.4 is 11.2 Å². The van der Waals surface area contributed by atoms with Crippen LogP contribution in [0.2, 0.25) is 0 Å². The highest BCUT2D eigenvalue weighted by Crippen LogP contribution is 2.34. The molecule has 3 aromatic rings. The Hall–Kier alpha value is -5.52. The van der Waals surface area contributed by atoms with Gasteiger partial charge < -0.3 is 23.7 Å². The van der Waals surface area contributed by atoms with Crippen molar-refractivity contribution in [2.45, 2.75) is 58.8 Å². The van der Waals surface area contributed by atoms with E-state index in [4.69, 9.17) is 18.9 Å². The molecule has 45 heavy (non-hydrogen) atoms. The molecule has 1 aliphatic heterocycles. The van der Waals surface area contributed by atoms with E-state index in [1.165, 1.54) is 25.3 Å². The van der Waals surface area contributed by atoms with E-state index in [0.717, 1.165) is 26.8 Å². The highest BCUT2D eigenvalue weighted by atomic mass is 19.1. The lowest BCUT2D eigenvalue weighted by Crippen LogP contribution is -2.46. The fraction of sp³-hybridized carbons (Fsp3) is 0.370. The van der Waals surface area contributed by atoms with Gasteiger partial charge >= 0.3 is 29.6 Å². The lowest BCUT2D eigenvalue weighted by atomic mass is 10.0. The Bertz CT molecular complexity index is 1840. The number of esters is 4. The zero-order valence-corrected chi connectivity index (χ0v) is 24.1. The van der Waals surface area contributed by atoms with Gasteiger partial charge in [0.15, 0.2) is 18.4 Å². The van der Waals surface area contributed by atoms with Gasteiger partial charge in [0.1, 0.15) is 0 Å². The maximum absolute atomic E-state index is 15.1. The topological polar surface area (TPSA) is 214 Å². The fourth-order valence-electron chi connectivity index (χ4n) is 4.78. The van der Waals surface area contributed by atoms with E-state index in [1.54, 1.807) is 0 Å². The first kappa shape index (κ1) is 32.4. The standard InChI is InChI=1S/C27H25FN4O13/c1-12-22(44-14(3)34)23(45-15(4)35)25(43-12)31-10-19(28)24(36)30(27(31)38)9-18-20(32(39)40)8-17(16-6-5-7-29-21(16)18)26(37)42-11-41-13(2)33/h5-8,10,12,22-23,25H,9,11H2,1-4H3/t12-,22-,23-,25-/m1/s1. The molecule has 0 N–H and O–H groups in total. The number of ether oxygens (including phenoxy) is 5. The summed E-state index contributed by atoms with van der Waals surface area (Å²) >= 11 is 0. The van der Waals surface area contributed by atoms with Gasteiger partial charge in [-0.05, 0) is 13.0 Å². The zero-order chi connectivity index (χ0) is 33.2. The van der Waals surface area contributed by atoms with Crippen molar-refractivity contribution in [1.29, 1.82) is 0 Å². The lowest BCUT2D eigenvalue weighted by molar-refractivity contribution is -0.385. The van der Waals surface area contributed by atoms with Crippen LogP contribution in [0.15, 0.2) is 40.2 Å². The summed E-state index contributed by atoms with van der Waals surface area (Å²) < 4.78 is 41.6. The minimum absolute atomic E-state index is 0.00259. The molecule has 0 radical (unpaired) electrons. The van der Waals surface area contributed by atoms with E-state index >= 15 is 4.39 Å². The third-order valence-corrected chi connectivity index (χ3v) is 6.61. The van der Waals surface area contributed by atoms with Gasteiger partial charge in [-0.25, -0.2) is 9.59 Å². The monoisotopic (exact) mass is 632 g/mol. The van der Waals surface area contributed by atoms with Crippen molar-refractivity contribution in [3.8, 4) is 0 Å². The van der Waals surface area contributed by atoms with Crippen molar-refractivity contribution in [3.63, 3.8) is 0 Å². The second-order valence-electron chi connectivity index (χ2n) is 9.70. The molecule has 18 heteroatoms. The molecule has 4 atom stereocenters. The van der Waals surface area contributed by atoms with Crippen LogP contribution in [-0.4, -0.2) is 68.0 Å². The minimum Gasteiger partial charge on any atom is -0.456 e. The second kappa shape index (κ2) is 13.0. The van der Waals surface area contributed by atoms with E-state index in [9.17, 15) is 38.9 Å². The number of carbonyl (C=O) groups is 4. The summed E-state index contributed by atoms with van der Waals surface area (Å²) in [5, 5.41) is 12.2. The zero-order valence-electron chi connectivity index (χ0n) is 24.1. The van der Waals surface area contributed by atoms with Crippen LogP contribution in [0.5, 0.6) is 0 Å². The molecule has 0 bridgehead atoms. The van der Waals surface area contributed by atoms with Crippen LogP contribution in [0, 0.1) is 15.9 Å². The number of nitro benzene ring substituents is 1. The van der Waals surface area contributed by atoms with Crippen LogP contribution in [-0.2, 0) is 44.6 Å². The van der Waals surface area contributed by atoms with Gasteiger partial charge in [0.05, 0.1) is 40.4 Å². The number of rotatable bonds is 9. The number of fused-ring (bicyclic) bond motifs is 1.